The van der Waals surface area contributed by atoms with Gasteiger partial charge in [-0.2, -0.15) is 0 Å². The summed E-state index contributed by atoms with van der Waals surface area (Å²) in [6.45, 7) is 3.34. The molecule has 4 heteroatoms. The minimum absolute atomic E-state index is 0.325. The molecule has 0 aliphatic rings. The minimum atomic E-state index is -1.38. The molecule has 0 aromatic heterocycles. The number of carbonyl (C=O) groups is 2. The van der Waals surface area contributed by atoms with Crippen LogP contribution in [0.4, 0.5) is 0 Å². The summed E-state index contributed by atoms with van der Waals surface area (Å²) >= 11 is 0. The standard InChI is InChI=1S/C9H16O4/c1-4-5-6-9(2,7(10)11)8(12)13-3/h4-6H2,1-3H3,(H,10,11). The van der Waals surface area contributed by atoms with E-state index in [4.69, 9.17) is 5.11 Å². The summed E-state index contributed by atoms with van der Waals surface area (Å²) in [5.41, 5.74) is -1.38. The van der Waals surface area contributed by atoms with Crippen molar-refractivity contribution in [2.75, 3.05) is 7.11 Å². The van der Waals surface area contributed by atoms with E-state index in [0.717, 1.165) is 6.42 Å². The van der Waals surface area contributed by atoms with Gasteiger partial charge >= 0.3 is 11.9 Å². The van der Waals surface area contributed by atoms with Gasteiger partial charge in [0.25, 0.3) is 0 Å². The Hall–Kier alpha value is -1.06. The maximum atomic E-state index is 11.2. The van der Waals surface area contributed by atoms with Crippen molar-refractivity contribution in [1.82, 2.24) is 0 Å². The van der Waals surface area contributed by atoms with E-state index in [9.17, 15) is 9.59 Å². The number of hydrogen-bond donors (Lipinski definition) is 1. The normalized spacial score (nSPS) is 14.7. The molecule has 0 amide bonds. The van der Waals surface area contributed by atoms with Gasteiger partial charge in [0.1, 0.15) is 0 Å². The van der Waals surface area contributed by atoms with Gasteiger partial charge in [0, 0.05) is 0 Å². The van der Waals surface area contributed by atoms with Gasteiger partial charge < -0.3 is 9.84 Å². The Balaban J connectivity index is 4.52. The van der Waals surface area contributed by atoms with Crippen molar-refractivity contribution in [1.29, 1.82) is 0 Å². The van der Waals surface area contributed by atoms with Crippen molar-refractivity contribution in [3.63, 3.8) is 0 Å². The molecule has 0 radical (unpaired) electrons. The zero-order valence-corrected chi connectivity index (χ0v) is 8.29. The molecule has 0 bridgehead atoms. The molecule has 0 saturated carbocycles. The van der Waals surface area contributed by atoms with Crippen molar-refractivity contribution >= 4 is 11.9 Å². The molecule has 0 aromatic rings. The monoisotopic (exact) mass is 188 g/mol. The van der Waals surface area contributed by atoms with E-state index < -0.39 is 17.4 Å². The van der Waals surface area contributed by atoms with Gasteiger partial charge in [-0.15, -0.1) is 0 Å². The highest BCUT2D eigenvalue weighted by molar-refractivity contribution is 5.98. The van der Waals surface area contributed by atoms with E-state index in [1.165, 1.54) is 14.0 Å². The maximum absolute atomic E-state index is 11.2. The zero-order chi connectivity index (χ0) is 10.5. The lowest BCUT2D eigenvalue weighted by atomic mass is 9.85. The van der Waals surface area contributed by atoms with Crippen molar-refractivity contribution in [3.05, 3.63) is 0 Å². The lowest BCUT2D eigenvalue weighted by Gasteiger charge is -2.20. The van der Waals surface area contributed by atoms with Crippen LogP contribution in [0.5, 0.6) is 0 Å². The first-order valence-electron chi connectivity index (χ1n) is 4.30. The van der Waals surface area contributed by atoms with Gasteiger partial charge in [-0.25, -0.2) is 0 Å². The lowest BCUT2D eigenvalue weighted by molar-refractivity contribution is -0.166. The molecule has 0 spiro atoms. The number of carbonyl (C=O) groups excluding carboxylic acids is 1. The highest BCUT2D eigenvalue weighted by atomic mass is 16.5. The molecule has 0 aliphatic heterocycles. The Labute approximate surface area is 77.9 Å². The average Bonchev–Trinajstić information content (AvgIpc) is 2.12. The van der Waals surface area contributed by atoms with Gasteiger partial charge in [0.15, 0.2) is 5.41 Å². The number of esters is 1. The maximum Gasteiger partial charge on any atom is 0.322 e. The molecule has 1 unspecified atom stereocenters. The summed E-state index contributed by atoms with van der Waals surface area (Å²) in [5.74, 6) is -1.79. The van der Waals surface area contributed by atoms with E-state index >= 15 is 0 Å². The summed E-state index contributed by atoms with van der Waals surface area (Å²) in [7, 11) is 1.20. The Bertz CT molecular complexity index is 200. The van der Waals surface area contributed by atoms with Crippen molar-refractivity contribution in [2.24, 2.45) is 5.41 Å². The van der Waals surface area contributed by atoms with Crippen molar-refractivity contribution in [3.8, 4) is 0 Å². The second-order valence-electron chi connectivity index (χ2n) is 3.23. The molecule has 1 atom stereocenters. The molecule has 76 valence electrons. The molecular weight excluding hydrogens is 172 g/mol. The highest BCUT2D eigenvalue weighted by Crippen LogP contribution is 2.25. The second-order valence-corrected chi connectivity index (χ2v) is 3.23. The lowest BCUT2D eigenvalue weighted by Crippen LogP contribution is -2.37. The third kappa shape index (κ3) is 2.72. The fourth-order valence-corrected chi connectivity index (χ4v) is 1.05. The van der Waals surface area contributed by atoms with Crippen LogP contribution >= 0.6 is 0 Å². The van der Waals surface area contributed by atoms with Crippen LogP contribution < -0.4 is 0 Å². The summed E-state index contributed by atoms with van der Waals surface area (Å²) in [6, 6.07) is 0. The molecule has 0 aliphatic carbocycles. The number of carboxylic acid groups (broad SMARTS) is 1. The number of carboxylic acids is 1. The molecule has 0 rings (SSSR count). The molecule has 1 N–H and O–H groups in total. The molecule has 0 aromatic carbocycles. The fraction of sp³-hybridized carbons (Fsp3) is 0.778. The molecular formula is C9H16O4. The van der Waals surface area contributed by atoms with E-state index in [1.807, 2.05) is 6.92 Å². The SMILES string of the molecule is CCCCC(C)(C(=O)O)C(=O)OC. The van der Waals surface area contributed by atoms with Crippen molar-refractivity contribution < 1.29 is 19.4 Å². The van der Waals surface area contributed by atoms with Crippen LogP contribution in [0.2, 0.25) is 0 Å². The average molecular weight is 188 g/mol. The van der Waals surface area contributed by atoms with Crippen LogP contribution in [0.25, 0.3) is 0 Å². The summed E-state index contributed by atoms with van der Waals surface area (Å²) in [6.07, 6.45) is 1.89. The predicted molar refractivity (Wildman–Crippen MR) is 47.3 cm³/mol. The van der Waals surface area contributed by atoms with E-state index in [1.54, 1.807) is 0 Å². The summed E-state index contributed by atoms with van der Waals surface area (Å²) < 4.78 is 4.45. The largest absolute Gasteiger partial charge is 0.480 e. The minimum Gasteiger partial charge on any atom is -0.480 e. The number of methoxy groups -OCH3 is 1. The van der Waals surface area contributed by atoms with Crippen LogP contribution in [0.3, 0.4) is 0 Å². The highest BCUT2D eigenvalue weighted by Gasteiger charge is 2.41. The molecule has 0 fully saturated rings. The van der Waals surface area contributed by atoms with Crippen LogP contribution in [0.15, 0.2) is 0 Å². The number of unbranched alkanes of at least 4 members (excludes halogenated alkanes) is 1. The third-order valence-electron chi connectivity index (χ3n) is 2.14. The number of ether oxygens (including phenoxy) is 1. The fourth-order valence-electron chi connectivity index (χ4n) is 1.05. The van der Waals surface area contributed by atoms with Gasteiger partial charge in [-0.05, 0) is 13.3 Å². The van der Waals surface area contributed by atoms with Gasteiger partial charge in [-0.3, -0.25) is 9.59 Å². The van der Waals surface area contributed by atoms with E-state index in [2.05, 4.69) is 4.74 Å². The molecule has 0 saturated heterocycles. The first-order valence-corrected chi connectivity index (χ1v) is 4.30. The second kappa shape index (κ2) is 4.84. The predicted octanol–water partition coefficient (Wildman–Crippen LogP) is 1.44. The van der Waals surface area contributed by atoms with Gasteiger partial charge in [-0.1, -0.05) is 19.8 Å². The Kier molecular flexibility index (Phi) is 4.45. The molecule has 13 heavy (non-hydrogen) atoms. The topological polar surface area (TPSA) is 63.6 Å². The van der Waals surface area contributed by atoms with Crippen LogP contribution in [-0.4, -0.2) is 24.2 Å². The quantitative estimate of drug-likeness (QED) is 0.523. The Morgan fingerprint density at radius 3 is 2.31 bits per heavy atom. The first-order chi connectivity index (χ1) is 5.99. The number of hydrogen-bond acceptors (Lipinski definition) is 3. The Morgan fingerprint density at radius 2 is 2.00 bits per heavy atom. The van der Waals surface area contributed by atoms with Gasteiger partial charge in [0.05, 0.1) is 7.11 Å². The van der Waals surface area contributed by atoms with Crippen LogP contribution in [0, 0.1) is 5.41 Å². The van der Waals surface area contributed by atoms with Crippen LogP contribution in [-0.2, 0) is 14.3 Å². The first kappa shape index (κ1) is 11.9. The van der Waals surface area contributed by atoms with E-state index in [-0.39, 0.29) is 0 Å². The zero-order valence-electron chi connectivity index (χ0n) is 8.29. The molecule has 4 nitrogen and oxygen atoms in total. The van der Waals surface area contributed by atoms with Crippen molar-refractivity contribution in [2.45, 2.75) is 33.1 Å². The number of rotatable bonds is 5. The number of aliphatic carboxylic acids is 1. The third-order valence-corrected chi connectivity index (χ3v) is 2.14. The smallest absolute Gasteiger partial charge is 0.322 e. The molecule has 0 heterocycles. The van der Waals surface area contributed by atoms with Gasteiger partial charge in [0.2, 0.25) is 0 Å². The van der Waals surface area contributed by atoms with E-state index in [0.29, 0.717) is 12.8 Å². The summed E-state index contributed by atoms with van der Waals surface area (Å²) in [5, 5.41) is 8.86. The summed E-state index contributed by atoms with van der Waals surface area (Å²) in [4.78, 5) is 22.0. The van der Waals surface area contributed by atoms with Crippen LogP contribution in [0.1, 0.15) is 33.1 Å². The Morgan fingerprint density at radius 1 is 1.46 bits per heavy atom.